The molecular weight excluding hydrogens is 210 g/mol. The second-order valence-corrected chi connectivity index (χ2v) is 4.93. The summed E-state index contributed by atoms with van der Waals surface area (Å²) in [5.41, 5.74) is 1.14. The Labute approximate surface area is 93.7 Å². The molecule has 0 saturated carbocycles. The molecule has 3 nitrogen and oxygen atoms in total. The summed E-state index contributed by atoms with van der Waals surface area (Å²) in [7, 11) is 0. The van der Waals surface area contributed by atoms with Crippen LogP contribution in [-0.2, 0) is 4.74 Å². The average molecular weight is 225 g/mol. The van der Waals surface area contributed by atoms with Crippen molar-refractivity contribution in [1.29, 1.82) is 0 Å². The zero-order valence-corrected chi connectivity index (χ0v) is 9.79. The highest BCUT2D eigenvalue weighted by atomic mass is 32.1. The van der Waals surface area contributed by atoms with Gasteiger partial charge in [-0.1, -0.05) is 0 Å². The first-order chi connectivity index (χ1) is 7.19. The van der Waals surface area contributed by atoms with Crippen LogP contribution in [0.2, 0.25) is 0 Å². The number of anilines is 1. The van der Waals surface area contributed by atoms with Gasteiger partial charge >= 0.3 is 0 Å². The largest absolute Gasteiger partial charge is 0.372 e. The lowest BCUT2D eigenvalue weighted by atomic mass is 10.2. The fourth-order valence-electron chi connectivity index (χ4n) is 1.96. The normalized spacial score (nSPS) is 26.7. The topological polar surface area (TPSA) is 29.5 Å². The molecule has 4 heteroatoms. The molecule has 2 unspecified atom stereocenters. The number of aldehydes is 1. The van der Waals surface area contributed by atoms with Crippen LogP contribution in [0.3, 0.4) is 0 Å². The van der Waals surface area contributed by atoms with Crippen molar-refractivity contribution in [3.8, 4) is 0 Å². The van der Waals surface area contributed by atoms with Crippen molar-refractivity contribution < 1.29 is 9.53 Å². The van der Waals surface area contributed by atoms with Crippen molar-refractivity contribution in [3.05, 3.63) is 16.3 Å². The number of hydrogen-bond donors (Lipinski definition) is 0. The number of ether oxygens (including phenoxy) is 1. The van der Waals surface area contributed by atoms with Crippen molar-refractivity contribution in [3.63, 3.8) is 0 Å². The number of nitrogens with zero attached hydrogens (tertiary/aromatic N) is 1. The van der Waals surface area contributed by atoms with Gasteiger partial charge < -0.3 is 9.64 Å². The number of carbonyl (C=O) groups excluding carboxylic acids is 1. The van der Waals surface area contributed by atoms with Crippen LogP contribution in [0.5, 0.6) is 0 Å². The van der Waals surface area contributed by atoms with Crippen LogP contribution in [0.4, 0.5) is 5.69 Å². The van der Waals surface area contributed by atoms with Crippen LogP contribution < -0.4 is 4.90 Å². The van der Waals surface area contributed by atoms with E-state index in [4.69, 9.17) is 4.74 Å². The van der Waals surface area contributed by atoms with Gasteiger partial charge in [0, 0.05) is 24.2 Å². The number of hydrogen-bond acceptors (Lipinski definition) is 4. The fourth-order valence-corrected chi connectivity index (χ4v) is 2.68. The van der Waals surface area contributed by atoms with E-state index in [-0.39, 0.29) is 12.2 Å². The lowest BCUT2D eigenvalue weighted by Crippen LogP contribution is -2.45. The molecule has 82 valence electrons. The molecule has 1 aliphatic rings. The Morgan fingerprint density at radius 1 is 1.47 bits per heavy atom. The third-order valence-electron chi connectivity index (χ3n) is 2.51. The van der Waals surface area contributed by atoms with E-state index in [0.29, 0.717) is 0 Å². The quantitative estimate of drug-likeness (QED) is 0.722. The molecule has 15 heavy (non-hydrogen) atoms. The van der Waals surface area contributed by atoms with E-state index in [0.717, 1.165) is 29.9 Å². The first-order valence-electron chi connectivity index (χ1n) is 5.13. The highest BCUT2D eigenvalue weighted by Crippen LogP contribution is 2.25. The molecule has 0 aromatic carbocycles. The molecule has 2 rings (SSSR count). The van der Waals surface area contributed by atoms with Crippen molar-refractivity contribution in [2.24, 2.45) is 0 Å². The minimum atomic E-state index is 0.258. The molecule has 0 spiro atoms. The minimum absolute atomic E-state index is 0.258. The molecule has 0 bridgehead atoms. The van der Waals surface area contributed by atoms with Crippen molar-refractivity contribution in [2.45, 2.75) is 26.1 Å². The summed E-state index contributed by atoms with van der Waals surface area (Å²) in [5, 5.41) is 2.04. The van der Waals surface area contributed by atoms with Crippen LogP contribution in [0.1, 0.15) is 23.5 Å². The zero-order chi connectivity index (χ0) is 10.8. The predicted molar refractivity (Wildman–Crippen MR) is 61.9 cm³/mol. The molecule has 1 saturated heterocycles. The first-order valence-corrected chi connectivity index (χ1v) is 6.01. The molecule has 0 N–H and O–H groups in total. The Morgan fingerprint density at radius 3 is 2.67 bits per heavy atom. The Bertz CT molecular complexity index is 340. The molecule has 1 fully saturated rings. The standard InChI is InChI=1S/C11H15NO2S/c1-8-4-12(5-9(2)14-8)10-3-11(6-13)15-7-10/h3,6-9H,4-5H2,1-2H3. The van der Waals surface area contributed by atoms with E-state index in [9.17, 15) is 4.79 Å². The lowest BCUT2D eigenvalue weighted by Gasteiger charge is -2.36. The van der Waals surface area contributed by atoms with Gasteiger partial charge in [0.1, 0.15) is 0 Å². The molecule has 2 heterocycles. The Hall–Kier alpha value is -0.870. The van der Waals surface area contributed by atoms with Crippen LogP contribution in [0.25, 0.3) is 0 Å². The Morgan fingerprint density at radius 2 is 2.13 bits per heavy atom. The molecule has 0 aliphatic carbocycles. The van der Waals surface area contributed by atoms with E-state index < -0.39 is 0 Å². The molecule has 0 amide bonds. The summed E-state index contributed by atoms with van der Waals surface area (Å²) >= 11 is 1.50. The maximum Gasteiger partial charge on any atom is 0.160 e. The van der Waals surface area contributed by atoms with Crippen LogP contribution in [0.15, 0.2) is 11.4 Å². The maximum absolute atomic E-state index is 10.6. The average Bonchev–Trinajstić information content (AvgIpc) is 2.64. The molecule has 1 aromatic rings. The third-order valence-corrected chi connectivity index (χ3v) is 3.35. The fraction of sp³-hybridized carbons (Fsp3) is 0.545. The molecule has 0 radical (unpaired) electrons. The van der Waals surface area contributed by atoms with Crippen LogP contribution >= 0.6 is 11.3 Å². The van der Waals surface area contributed by atoms with Gasteiger partial charge in [0.25, 0.3) is 0 Å². The second-order valence-electron chi connectivity index (χ2n) is 3.99. The number of thiophene rings is 1. The van der Waals surface area contributed by atoms with Gasteiger partial charge in [-0.2, -0.15) is 0 Å². The Kier molecular flexibility index (Phi) is 3.07. The van der Waals surface area contributed by atoms with Crippen LogP contribution in [-0.4, -0.2) is 31.6 Å². The number of morpholine rings is 1. The van der Waals surface area contributed by atoms with Gasteiger partial charge in [-0.05, 0) is 19.9 Å². The van der Waals surface area contributed by atoms with E-state index in [1.54, 1.807) is 0 Å². The summed E-state index contributed by atoms with van der Waals surface area (Å²) in [6.45, 7) is 5.96. The molecule has 1 aromatic heterocycles. The van der Waals surface area contributed by atoms with Gasteiger partial charge in [-0.15, -0.1) is 11.3 Å². The zero-order valence-electron chi connectivity index (χ0n) is 8.97. The predicted octanol–water partition coefficient (Wildman–Crippen LogP) is 2.17. The SMILES string of the molecule is CC1CN(c2csc(C=O)c2)CC(C)O1. The summed E-state index contributed by atoms with van der Waals surface area (Å²) in [6.07, 6.45) is 1.42. The maximum atomic E-state index is 10.6. The van der Waals surface area contributed by atoms with Crippen LogP contribution in [0, 0.1) is 0 Å². The van der Waals surface area contributed by atoms with Crippen molar-refractivity contribution in [1.82, 2.24) is 0 Å². The second kappa shape index (κ2) is 4.33. The summed E-state index contributed by atoms with van der Waals surface area (Å²) in [6, 6.07) is 1.95. The highest BCUT2D eigenvalue weighted by Gasteiger charge is 2.22. The van der Waals surface area contributed by atoms with Gasteiger partial charge in [0.05, 0.1) is 17.1 Å². The third kappa shape index (κ3) is 2.38. The monoisotopic (exact) mass is 225 g/mol. The molecule has 2 atom stereocenters. The summed E-state index contributed by atoms with van der Waals surface area (Å²) in [5.74, 6) is 0. The highest BCUT2D eigenvalue weighted by molar-refractivity contribution is 7.12. The smallest absolute Gasteiger partial charge is 0.160 e. The minimum Gasteiger partial charge on any atom is -0.372 e. The van der Waals surface area contributed by atoms with Crippen molar-refractivity contribution in [2.75, 3.05) is 18.0 Å². The van der Waals surface area contributed by atoms with E-state index in [2.05, 4.69) is 18.7 Å². The van der Waals surface area contributed by atoms with Gasteiger partial charge in [0.2, 0.25) is 0 Å². The summed E-state index contributed by atoms with van der Waals surface area (Å²) in [4.78, 5) is 13.7. The van der Waals surface area contributed by atoms with Crippen molar-refractivity contribution >= 4 is 23.3 Å². The lowest BCUT2D eigenvalue weighted by molar-refractivity contribution is -0.00519. The first kappa shape index (κ1) is 10.6. The van der Waals surface area contributed by atoms with E-state index in [1.165, 1.54) is 11.3 Å². The van der Waals surface area contributed by atoms with E-state index >= 15 is 0 Å². The number of rotatable bonds is 2. The molecular formula is C11H15NO2S. The molecule has 1 aliphatic heterocycles. The van der Waals surface area contributed by atoms with E-state index in [1.807, 2.05) is 11.4 Å². The summed E-state index contributed by atoms with van der Waals surface area (Å²) < 4.78 is 5.66. The number of carbonyl (C=O) groups is 1. The van der Waals surface area contributed by atoms with Gasteiger partial charge in [-0.3, -0.25) is 4.79 Å². The van der Waals surface area contributed by atoms with Gasteiger partial charge in [-0.25, -0.2) is 0 Å². The Balaban J connectivity index is 2.12. The van der Waals surface area contributed by atoms with Gasteiger partial charge in [0.15, 0.2) is 6.29 Å².